The maximum absolute atomic E-state index is 11.9. The van der Waals surface area contributed by atoms with Gasteiger partial charge in [-0.2, -0.15) is 0 Å². The topological polar surface area (TPSA) is 75.6 Å². The van der Waals surface area contributed by atoms with Gasteiger partial charge in [0.15, 0.2) is 12.2 Å². The Kier molecular flexibility index (Phi) is 5.19. The molecule has 1 aromatic carbocycles. The van der Waals surface area contributed by atoms with Crippen molar-refractivity contribution in [1.82, 2.24) is 0 Å². The van der Waals surface area contributed by atoms with Crippen molar-refractivity contribution in [1.29, 1.82) is 0 Å². The van der Waals surface area contributed by atoms with Crippen LogP contribution in [0.2, 0.25) is 0 Å². The van der Waals surface area contributed by atoms with E-state index in [9.17, 15) is 14.7 Å². The van der Waals surface area contributed by atoms with E-state index in [1.165, 1.54) is 0 Å². The molecule has 1 aliphatic carbocycles. The SMILES string of the molecule is Cc1ccc(C)c(NC(=O)COC(=O)C2(O)CCCCC2)c1. The number of anilines is 1. The highest BCUT2D eigenvalue weighted by atomic mass is 16.6. The van der Waals surface area contributed by atoms with Crippen LogP contribution in [0.4, 0.5) is 5.69 Å². The molecule has 2 rings (SSSR count). The zero-order chi connectivity index (χ0) is 16.2. The predicted octanol–water partition coefficient (Wildman–Crippen LogP) is 2.48. The Balaban J connectivity index is 1.87. The lowest BCUT2D eigenvalue weighted by molar-refractivity contribution is -0.170. The molecule has 5 nitrogen and oxygen atoms in total. The van der Waals surface area contributed by atoms with Gasteiger partial charge in [0, 0.05) is 5.69 Å². The Morgan fingerprint density at radius 2 is 1.91 bits per heavy atom. The van der Waals surface area contributed by atoms with Gasteiger partial charge in [-0.3, -0.25) is 4.79 Å². The quantitative estimate of drug-likeness (QED) is 0.838. The molecule has 0 saturated heterocycles. The van der Waals surface area contributed by atoms with Gasteiger partial charge < -0.3 is 15.2 Å². The Labute approximate surface area is 130 Å². The van der Waals surface area contributed by atoms with Crippen molar-refractivity contribution in [3.63, 3.8) is 0 Å². The molecule has 120 valence electrons. The summed E-state index contributed by atoms with van der Waals surface area (Å²) in [6.45, 7) is 3.45. The van der Waals surface area contributed by atoms with Gasteiger partial charge in [0.05, 0.1) is 0 Å². The van der Waals surface area contributed by atoms with Crippen molar-refractivity contribution < 1.29 is 19.4 Å². The van der Waals surface area contributed by atoms with E-state index in [4.69, 9.17) is 4.74 Å². The van der Waals surface area contributed by atoms with E-state index in [0.717, 1.165) is 30.4 Å². The summed E-state index contributed by atoms with van der Waals surface area (Å²) in [6, 6.07) is 5.75. The fraction of sp³-hybridized carbons (Fsp3) is 0.529. The number of carbonyl (C=O) groups is 2. The minimum absolute atomic E-state index is 0.380. The number of aliphatic hydroxyl groups is 1. The van der Waals surface area contributed by atoms with Crippen molar-refractivity contribution in [3.8, 4) is 0 Å². The van der Waals surface area contributed by atoms with Gasteiger partial charge in [-0.05, 0) is 56.7 Å². The van der Waals surface area contributed by atoms with Crippen molar-refractivity contribution in [2.45, 2.75) is 51.6 Å². The molecule has 0 heterocycles. The normalized spacial score (nSPS) is 16.9. The van der Waals surface area contributed by atoms with E-state index >= 15 is 0 Å². The molecular formula is C17H23NO4. The van der Waals surface area contributed by atoms with Crippen LogP contribution < -0.4 is 5.32 Å². The highest BCUT2D eigenvalue weighted by molar-refractivity contribution is 5.94. The van der Waals surface area contributed by atoms with E-state index in [0.29, 0.717) is 18.5 Å². The first-order chi connectivity index (χ1) is 10.4. The molecule has 0 bridgehead atoms. The zero-order valence-corrected chi connectivity index (χ0v) is 13.1. The molecule has 0 spiro atoms. The number of aryl methyl sites for hydroxylation is 2. The van der Waals surface area contributed by atoms with Gasteiger partial charge in [0.25, 0.3) is 5.91 Å². The van der Waals surface area contributed by atoms with E-state index < -0.39 is 17.5 Å². The van der Waals surface area contributed by atoms with Gasteiger partial charge in [-0.1, -0.05) is 18.6 Å². The summed E-state index contributed by atoms with van der Waals surface area (Å²) in [7, 11) is 0. The molecule has 0 unspecified atom stereocenters. The van der Waals surface area contributed by atoms with E-state index in [2.05, 4.69) is 5.32 Å². The number of ether oxygens (including phenoxy) is 1. The lowest BCUT2D eigenvalue weighted by Gasteiger charge is -2.29. The molecule has 1 amide bonds. The van der Waals surface area contributed by atoms with E-state index in [-0.39, 0.29) is 6.61 Å². The highest BCUT2D eigenvalue weighted by Gasteiger charge is 2.38. The first kappa shape index (κ1) is 16.5. The fourth-order valence-electron chi connectivity index (χ4n) is 2.66. The third-order valence-corrected chi connectivity index (χ3v) is 4.06. The standard InChI is InChI=1S/C17H23NO4/c1-12-6-7-13(2)14(10-12)18-15(19)11-22-16(20)17(21)8-4-3-5-9-17/h6-7,10,21H,3-5,8-9,11H2,1-2H3,(H,18,19). The van der Waals surface area contributed by atoms with Crippen LogP contribution in [0.5, 0.6) is 0 Å². The number of hydrogen-bond donors (Lipinski definition) is 2. The number of hydrogen-bond acceptors (Lipinski definition) is 4. The summed E-state index contributed by atoms with van der Waals surface area (Å²) in [6.07, 6.45) is 3.44. The van der Waals surface area contributed by atoms with Gasteiger partial charge in [-0.15, -0.1) is 0 Å². The summed E-state index contributed by atoms with van der Waals surface area (Å²) in [5, 5.41) is 12.9. The predicted molar refractivity (Wildman–Crippen MR) is 83.5 cm³/mol. The van der Waals surface area contributed by atoms with E-state index in [1.54, 1.807) is 0 Å². The molecule has 1 aromatic rings. The van der Waals surface area contributed by atoms with Crippen LogP contribution in [-0.2, 0) is 14.3 Å². The zero-order valence-electron chi connectivity index (χ0n) is 13.1. The second-order valence-corrected chi connectivity index (χ2v) is 6.03. The van der Waals surface area contributed by atoms with Crippen LogP contribution in [0.15, 0.2) is 18.2 Å². The molecule has 5 heteroatoms. The Morgan fingerprint density at radius 3 is 2.59 bits per heavy atom. The van der Waals surface area contributed by atoms with Gasteiger partial charge in [0.1, 0.15) is 0 Å². The summed E-state index contributed by atoms with van der Waals surface area (Å²) in [4.78, 5) is 23.8. The molecule has 0 aliphatic heterocycles. The number of nitrogens with one attached hydrogen (secondary N) is 1. The van der Waals surface area contributed by atoms with E-state index in [1.807, 2.05) is 32.0 Å². The minimum Gasteiger partial charge on any atom is -0.453 e. The lowest BCUT2D eigenvalue weighted by atomic mass is 9.85. The Morgan fingerprint density at radius 1 is 1.23 bits per heavy atom. The van der Waals surface area contributed by atoms with Crippen LogP contribution in [0, 0.1) is 13.8 Å². The fourth-order valence-corrected chi connectivity index (χ4v) is 2.66. The molecular weight excluding hydrogens is 282 g/mol. The second kappa shape index (κ2) is 6.92. The third-order valence-electron chi connectivity index (χ3n) is 4.06. The van der Waals surface area contributed by atoms with Crippen molar-refractivity contribution in [3.05, 3.63) is 29.3 Å². The molecule has 0 atom stereocenters. The molecule has 0 aromatic heterocycles. The Bertz CT molecular complexity index is 562. The summed E-state index contributed by atoms with van der Waals surface area (Å²) < 4.78 is 4.99. The average Bonchev–Trinajstić information content (AvgIpc) is 2.49. The lowest BCUT2D eigenvalue weighted by Crippen LogP contribution is -2.42. The number of rotatable bonds is 4. The smallest absolute Gasteiger partial charge is 0.338 e. The Hall–Kier alpha value is -1.88. The molecule has 1 aliphatic rings. The maximum atomic E-state index is 11.9. The van der Waals surface area contributed by atoms with Gasteiger partial charge in [0.2, 0.25) is 0 Å². The number of carbonyl (C=O) groups excluding carboxylic acids is 2. The molecule has 0 radical (unpaired) electrons. The van der Waals surface area contributed by atoms with Crippen molar-refractivity contribution in [2.75, 3.05) is 11.9 Å². The number of amides is 1. The molecule has 1 fully saturated rings. The largest absolute Gasteiger partial charge is 0.453 e. The first-order valence-corrected chi connectivity index (χ1v) is 7.67. The average molecular weight is 305 g/mol. The summed E-state index contributed by atoms with van der Waals surface area (Å²) in [5.74, 6) is -1.09. The number of esters is 1. The molecule has 2 N–H and O–H groups in total. The van der Waals surface area contributed by atoms with Crippen LogP contribution in [-0.4, -0.2) is 29.2 Å². The summed E-state index contributed by atoms with van der Waals surface area (Å²) >= 11 is 0. The second-order valence-electron chi connectivity index (χ2n) is 6.03. The van der Waals surface area contributed by atoms with Gasteiger partial charge >= 0.3 is 5.97 Å². The van der Waals surface area contributed by atoms with Crippen LogP contribution in [0.3, 0.4) is 0 Å². The van der Waals surface area contributed by atoms with Crippen LogP contribution in [0.1, 0.15) is 43.2 Å². The number of benzene rings is 1. The highest BCUT2D eigenvalue weighted by Crippen LogP contribution is 2.29. The maximum Gasteiger partial charge on any atom is 0.338 e. The summed E-state index contributed by atoms with van der Waals surface area (Å²) in [5.41, 5.74) is 1.26. The van der Waals surface area contributed by atoms with Crippen LogP contribution >= 0.6 is 0 Å². The van der Waals surface area contributed by atoms with Crippen molar-refractivity contribution >= 4 is 17.6 Å². The molecule has 22 heavy (non-hydrogen) atoms. The van der Waals surface area contributed by atoms with Gasteiger partial charge in [-0.25, -0.2) is 4.79 Å². The molecule has 1 saturated carbocycles. The third kappa shape index (κ3) is 4.07. The first-order valence-electron chi connectivity index (χ1n) is 7.67. The monoisotopic (exact) mass is 305 g/mol. The van der Waals surface area contributed by atoms with Crippen LogP contribution in [0.25, 0.3) is 0 Å². The minimum atomic E-state index is -1.42. The van der Waals surface area contributed by atoms with Crippen molar-refractivity contribution in [2.24, 2.45) is 0 Å².